The van der Waals surface area contributed by atoms with E-state index in [1.165, 1.54) is 0 Å². The molecule has 0 aliphatic heterocycles. The predicted molar refractivity (Wildman–Crippen MR) is 41.4 cm³/mol. The standard InChI is InChI=1S/C6H11O4S.Na.H2O/c1-2-10-6(7)4-3-5-11(8)9;;/h2-5H2,1H3;;1H2/q-1;+1;/p-1. The fourth-order valence-electron chi connectivity index (χ4n) is 0.568. The van der Waals surface area contributed by atoms with E-state index in [1.54, 1.807) is 6.92 Å². The van der Waals surface area contributed by atoms with E-state index in [0.29, 0.717) is 13.0 Å². The summed E-state index contributed by atoms with van der Waals surface area (Å²) in [5, 5.41) is 0. The minimum absolute atomic E-state index is 0. The first-order valence-corrected chi connectivity index (χ1v) is 4.62. The van der Waals surface area contributed by atoms with Gasteiger partial charge in [0.05, 0.1) is 6.61 Å². The summed E-state index contributed by atoms with van der Waals surface area (Å²) in [6.07, 6.45) is 0.525. The molecule has 0 aromatic heterocycles. The molecule has 0 bridgehead atoms. The molecule has 0 fully saturated rings. The summed E-state index contributed by atoms with van der Waals surface area (Å²) in [6, 6.07) is 0. The van der Waals surface area contributed by atoms with Gasteiger partial charge in [-0.1, -0.05) is 22.9 Å². The zero-order valence-corrected chi connectivity index (χ0v) is 10.6. The van der Waals surface area contributed by atoms with E-state index in [-0.39, 0.29) is 53.2 Å². The molecule has 0 aliphatic carbocycles. The molecular formula is C6H12NaO5S-. The van der Waals surface area contributed by atoms with Gasteiger partial charge in [0.2, 0.25) is 0 Å². The van der Waals surface area contributed by atoms with E-state index in [1.807, 2.05) is 0 Å². The van der Waals surface area contributed by atoms with Crippen LogP contribution in [0.2, 0.25) is 0 Å². The molecule has 7 heteroatoms. The van der Waals surface area contributed by atoms with Gasteiger partial charge in [0, 0.05) is 6.42 Å². The summed E-state index contributed by atoms with van der Waals surface area (Å²) in [5.74, 6) is -0.309. The van der Waals surface area contributed by atoms with Gasteiger partial charge >= 0.3 is 35.5 Å². The summed E-state index contributed by atoms with van der Waals surface area (Å²) >= 11 is 0. The Hall–Kier alpha value is 0.380. The number of hydrogen-bond acceptors (Lipinski definition) is 6. The van der Waals surface area contributed by atoms with Crippen LogP contribution in [-0.4, -0.2) is 23.8 Å². The van der Waals surface area contributed by atoms with Crippen LogP contribution in [0, 0.1) is 0 Å². The van der Waals surface area contributed by atoms with Gasteiger partial charge in [0.1, 0.15) is 0 Å². The van der Waals surface area contributed by atoms with Crippen molar-refractivity contribution in [3.05, 3.63) is 0 Å². The van der Waals surface area contributed by atoms with Crippen molar-refractivity contribution in [3.63, 3.8) is 0 Å². The van der Waals surface area contributed by atoms with Gasteiger partial charge in [0.15, 0.2) is 0 Å². The van der Waals surface area contributed by atoms with Crippen molar-refractivity contribution in [1.29, 1.82) is 0 Å². The molecule has 0 saturated heterocycles. The Morgan fingerprint density at radius 2 is 1.92 bits per heavy atom. The van der Waals surface area contributed by atoms with Gasteiger partial charge < -0.3 is 18.6 Å². The Morgan fingerprint density at radius 1 is 1.38 bits per heavy atom. The van der Waals surface area contributed by atoms with Crippen LogP contribution in [0.5, 0.6) is 0 Å². The molecule has 5 nitrogen and oxygen atoms in total. The number of esters is 1. The predicted octanol–water partition coefficient (Wildman–Crippen LogP) is -2.53. The van der Waals surface area contributed by atoms with Gasteiger partial charge in [-0.2, -0.15) is 0 Å². The summed E-state index contributed by atoms with van der Waals surface area (Å²) < 4.78 is 24.6. The molecule has 13 heavy (non-hydrogen) atoms. The molecule has 0 spiro atoms. The second kappa shape index (κ2) is 12.4. The summed E-state index contributed by atoms with van der Waals surface area (Å²) in [6.45, 7) is 2.06. The minimum atomic E-state index is -2.04. The number of carbonyl (C=O) groups is 1. The van der Waals surface area contributed by atoms with Crippen LogP contribution in [0.15, 0.2) is 0 Å². The number of ether oxygens (including phenoxy) is 1. The first-order chi connectivity index (χ1) is 5.16. The van der Waals surface area contributed by atoms with Crippen molar-refractivity contribution < 1.29 is 53.0 Å². The number of rotatable bonds is 5. The van der Waals surface area contributed by atoms with Gasteiger partial charge in [-0.3, -0.25) is 4.79 Å². The molecule has 0 amide bonds. The van der Waals surface area contributed by atoms with Crippen LogP contribution < -0.4 is 29.6 Å². The quantitative estimate of drug-likeness (QED) is 0.289. The maximum atomic E-state index is 10.6. The van der Waals surface area contributed by atoms with E-state index >= 15 is 0 Å². The molecule has 74 valence electrons. The van der Waals surface area contributed by atoms with Crippen LogP contribution in [-0.2, 0) is 28.7 Å². The third-order valence-electron chi connectivity index (χ3n) is 0.997. The van der Waals surface area contributed by atoms with Crippen molar-refractivity contribution in [2.75, 3.05) is 12.4 Å². The molecule has 0 aromatic rings. The second-order valence-electron chi connectivity index (χ2n) is 1.92. The Kier molecular flexibility index (Phi) is 18.1. The molecule has 0 radical (unpaired) electrons. The molecule has 0 unspecified atom stereocenters. The zero-order valence-electron chi connectivity index (χ0n) is 7.82. The SMILES string of the molecule is CCOC(=O)CCC[S-](=O)=O.[Na+].[OH-]. The van der Waals surface area contributed by atoms with E-state index in [0.717, 1.165) is 0 Å². The Bertz CT molecular complexity index is 183. The first-order valence-electron chi connectivity index (χ1n) is 3.38. The van der Waals surface area contributed by atoms with Gasteiger partial charge in [-0.15, -0.1) is 0 Å². The van der Waals surface area contributed by atoms with E-state index < -0.39 is 10.7 Å². The normalized spacial score (nSPS) is 8.46. The molecular weight excluding hydrogens is 207 g/mol. The smallest absolute Gasteiger partial charge is 0.870 e. The summed E-state index contributed by atoms with van der Waals surface area (Å²) in [7, 11) is -2.04. The number of carbonyl (C=O) groups excluding carboxylic acids is 1. The molecule has 1 N–H and O–H groups in total. The third-order valence-corrected chi connectivity index (χ3v) is 1.62. The maximum Gasteiger partial charge on any atom is 1.00 e. The third kappa shape index (κ3) is 15.2. The molecule has 0 atom stereocenters. The molecule has 0 aliphatic rings. The molecule has 0 aromatic carbocycles. The van der Waals surface area contributed by atoms with Crippen LogP contribution in [0.25, 0.3) is 0 Å². The van der Waals surface area contributed by atoms with E-state index in [2.05, 4.69) is 4.74 Å². The van der Waals surface area contributed by atoms with Crippen molar-refractivity contribution in [2.24, 2.45) is 0 Å². The molecule has 0 rings (SSSR count). The molecule has 0 heterocycles. The van der Waals surface area contributed by atoms with Crippen LogP contribution in [0.3, 0.4) is 0 Å². The minimum Gasteiger partial charge on any atom is -0.870 e. The van der Waals surface area contributed by atoms with Crippen molar-refractivity contribution >= 4 is 16.7 Å². The van der Waals surface area contributed by atoms with Gasteiger partial charge in [-0.05, 0) is 6.92 Å². The van der Waals surface area contributed by atoms with E-state index in [9.17, 15) is 13.2 Å². The van der Waals surface area contributed by atoms with Crippen LogP contribution >= 0.6 is 0 Å². The molecule has 0 saturated carbocycles. The number of hydrogen-bond donors (Lipinski definition) is 0. The Morgan fingerprint density at radius 3 is 2.31 bits per heavy atom. The summed E-state index contributed by atoms with van der Waals surface area (Å²) in [5.41, 5.74) is 0. The van der Waals surface area contributed by atoms with Crippen molar-refractivity contribution in [2.45, 2.75) is 19.8 Å². The van der Waals surface area contributed by atoms with Gasteiger partial charge in [-0.25, -0.2) is 0 Å². The van der Waals surface area contributed by atoms with Crippen LogP contribution in [0.4, 0.5) is 0 Å². The fraction of sp³-hybridized carbons (Fsp3) is 0.833. The van der Waals surface area contributed by atoms with Crippen molar-refractivity contribution in [3.8, 4) is 0 Å². The van der Waals surface area contributed by atoms with E-state index in [4.69, 9.17) is 0 Å². The average molecular weight is 219 g/mol. The first kappa shape index (κ1) is 19.0. The second-order valence-corrected chi connectivity index (χ2v) is 2.93. The van der Waals surface area contributed by atoms with Gasteiger partial charge in [0.25, 0.3) is 0 Å². The van der Waals surface area contributed by atoms with Crippen LogP contribution in [0.1, 0.15) is 19.8 Å². The average Bonchev–Trinajstić information content (AvgIpc) is 1.87. The zero-order chi connectivity index (χ0) is 8.69. The largest absolute Gasteiger partial charge is 1.00 e. The summed E-state index contributed by atoms with van der Waals surface area (Å²) in [4.78, 5) is 10.6. The Labute approximate surface area is 101 Å². The Balaban J connectivity index is -0.000000500. The maximum absolute atomic E-state index is 10.6. The fourth-order valence-corrected chi connectivity index (χ4v) is 0.948. The topological polar surface area (TPSA) is 90.4 Å². The van der Waals surface area contributed by atoms with Crippen molar-refractivity contribution in [1.82, 2.24) is 0 Å². The monoisotopic (exact) mass is 219 g/mol.